The number of aromatic nitrogens is 2. The Morgan fingerprint density at radius 1 is 1.14 bits per heavy atom. The number of nitrogens with zero attached hydrogens (tertiary/aromatic N) is 3. The topological polar surface area (TPSA) is 148 Å². The maximum absolute atomic E-state index is 10.7. The van der Waals surface area contributed by atoms with E-state index in [1.54, 1.807) is 0 Å². The highest BCUT2D eigenvalue weighted by molar-refractivity contribution is 7.10. The summed E-state index contributed by atoms with van der Waals surface area (Å²) in [5.41, 5.74) is 5.55. The highest BCUT2D eigenvalue weighted by atomic mass is 32.1. The molecule has 0 aromatic carbocycles. The molecule has 0 spiro atoms. The van der Waals surface area contributed by atoms with Gasteiger partial charge in [-0.25, -0.2) is 9.59 Å². The lowest BCUT2D eigenvalue weighted by Crippen LogP contribution is -2.00. The molecular weight excluding hydrogens is 336 g/mol. The second-order valence-corrected chi connectivity index (χ2v) is 5.03. The van der Waals surface area contributed by atoms with Gasteiger partial charge < -0.3 is 15.2 Å². The summed E-state index contributed by atoms with van der Waals surface area (Å²) in [5, 5.41) is 10.5. The number of carbonyl (C=O) groups excluding carboxylic acids is 2. The third kappa shape index (κ3) is 4.75. The molecule has 0 bridgehead atoms. The number of nitrogens with two attached hydrogens (primary N) is 1. The van der Waals surface area contributed by atoms with Crippen LogP contribution in [0.4, 0.5) is 10.0 Å². The lowest BCUT2D eigenvalue weighted by Gasteiger charge is -1.89. The Labute approximate surface area is 131 Å². The van der Waals surface area contributed by atoms with Crippen molar-refractivity contribution in [2.24, 2.45) is 0 Å². The largest absolute Gasteiger partial charge is 0.464 e. The summed E-state index contributed by atoms with van der Waals surface area (Å²) in [4.78, 5) is 31.0. The van der Waals surface area contributed by atoms with E-state index in [0.717, 1.165) is 17.6 Å². The molecule has 0 aliphatic carbocycles. The molecule has 22 heavy (non-hydrogen) atoms. The van der Waals surface area contributed by atoms with Gasteiger partial charge in [-0.2, -0.15) is 8.75 Å². The van der Waals surface area contributed by atoms with Gasteiger partial charge in [-0.1, -0.05) is 0 Å². The summed E-state index contributed by atoms with van der Waals surface area (Å²) in [7, 11) is 2.49. The van der Waals surface area contributed by atoms with Gasteiger partial charge in [-0.15, -0.1) is 0 Å². The minimum absolute atomic E-state index is 0.0331. The molecule has 10 nitrogen and oxygen atoms in total. The lowest BCUT2D eigenvalue weighted by atomic mass is 10.4. The molecule has 0 amide bonds. The summed E-state index contributed by atoms with van der Waals surface area (Å²) in [5.74, 6) is -1.12. The van der Waals surface area contributed by atoms with E-state index in [4.69, 9.17) is 5.73 Å². The van der Waals surface area contributed by atoms with E-state index in [1.165, 1.54) is 20.3 Å². The maximum Gasteiger partial charge on any atom is 0.358 e. The van der Waals surface area contributed by atoms with Gasteiger partial charge in [0, 0.05) is 17.6 Å². The number of hydrogen-bond donors (Lipinski definition) is 1. The van der Waals surface area contributed by atoms with Crippen LogP contribution in [0.1, 0.15) is 21.0 Å². The molecule has 2 aromatic heterocycles. The van der Waals surface area contributed by atoms with Gasteiger partial charge in [0.1, 0.15) is 5.00 Å². The minimum Gasteiger partial charge on any atom is -0.464 e. The maximum atomic E-state index is 10.7. The van der Waals surface area contributed by atoms with Gasteiger partial charge in [0.05, 0.1) is 25.2 Å². The Balaban J connectivity index is 0.000000224. The third-order valence-corrected chi connectivity index (χ3v) is 3.35. The Morgan fingerprint density at radius 2 is 1.64 bits per heavy atom. The van der Waals surface area contributed by atoms with E-state index in [-0.39, 0.29) is 16.4 Å². The molecule has 0 aliphatic rings. The van der Waals surface area contributed by atoms with Crippen molar-refractivity contribution in [3.8, 4) is 0 Å². The van der Waals surface area contributed by atoms with Gasteiger partial charge in [-0.05, 0) is 11.5 Å². The van der Waals surface area contributed by atoms with Gasteiger partial charge in [0.25, 0.3) is 0 Å². The van der Waals surface area contributed by atoms with E-state index >= 15 is 0 Å². The normalized spacial score (nSPS) is 9.36. The van der Waals surface area contributed by atoms with Crippen LogP contribution in [0.5, 0.6) is 0 Å². The average Bonchev–Trinajstić information content (AvgIpc) is 3.15. The van der Waals surface area contributed by atoms with Gasteiger partial charge >= 0.3 is 16.9 Å². The van der Waals surface area contributed by atoms with Crippen LogP contribution in [0.15, 0.2) is 12.1 Å². The molecule has 0 saturated carbocycles. The predicted molar refractivity (Wildman–Crippen MR) is 78.0 cm³/mol. The van der Waals surface area contributed by atoms with E-state index in [1.807, 2.05) is 0 Å². The SMILES string of the molecule is COC(=O)c1cc(N)sn1.COC(=O)c1cc([N+](=O)[O-])sn1. The molecule has 2 N–H and O–H groups in total. The first kappa shape index (κ1) is 17.5. The monoisotopic (exact) mass is 346 g/mol. The minimum atomic E-state index is -0.667. The second kappa shape index (κ2) is 7.99. The molecule has 118 valence electrons. The number of rotatable bonds is 3. The molecule has 12 heteroatoms. The molecule has 2 aromatic rings. The number of esters is 2. The molecule has 0 unspecified atom stereocenters. The second-order valence-electron chi connectivity index (χ2n) is 3.41. The lowest BCUT2D eigenvalue weighted by molar-refractivity contribution is -0.380. The highest BCUT2D eigenvalue weighted by Crippen LogP contribution is 2.18. The van der Waals surface area contributed by atoms with E-state index in [2.05, 4.69) is 18.2 Å². The molecule has 0 atom stereocenters. The van der Waals surface area contributed by atoms with Crippen LogP contribution < -0.4 is 5.73 Å². The first-order valence-corrected chi connectivity index (χ1v) is 6.93. The molecule has 0 radical (unpaired) electrons. The zero-order valence-corrected chi connectivity index (χ0v) is 13.0. The first-order valence-electron chi connectivity index (χ1n) is 5.39. The number of nitro groups is 1. The molecule has 0 saturated heterocycles. The van der Waals surface area contributed by atoms with E-state index in [9.17, 15) is 19.7 Å². The van der Waals surface area contributed by atoms with Crippen molar-refractivity contribution < 1.29 is 24.0 Å². The van der Waals surface area contributed by atoms with Crippen LogP contribution >= 0.6 is 23.1 Å². The van der Waals surface area contributed by atoms with E-state index < -0.39 is 16.9 Å². The smallest absolute Gasteiger partial charge is 0.358 e. The molecule has 0 aliphatic heterocycles. The van der Waals surface area contributed by atoms with Gasteiger partial charge in [-0.3, -0.25) is 10.1 Å². The summed E-state index contributed by atoms with van der Waals surface area (Å²) in [6, 6.07) is 2.56. The summed E-state index contributed by atoms with van der Waals surface area (Å²) >= 11 is 1.73. The number of anilines is 1. The fourth-order valence-corrected chi connectivity index (χ4v) is 2.09. The van der Waals surface area contributed by atoms with Gasteiger partial charge in [0.2, 0.25) is 0 Å². The molecule has 2 heterocycles. The average molecular weight is 346 g/mol. The zero-order chi connectivity index (χ0) is 16.7. The van der Waals surface area contributed by atoms with Crippen LogP contribution in [-0.2, 0) is 9.47 Å². The number of ether oxygens (including phenoxy) is 2. The number of methoxy groups -OCH3 is 2. The van der Waals surface area contributed by atoms with Gasteiger partial charge in [0.15, 0.2) is 11.4 Å². The van der Waals surface area contributed by atoms with Crippen LogP contribution in [0.25, 0.3) is 0 Å². The Hall–Kier alpha value is -2.60. The number of hydrogen-bond acceptors (Lipinski definition) is 11. The number of nitrogen functional groups attached to an aromatic ring is 1. The van der Waals surface area contributed by atoms with Crippen molar-refractivity contribution in [2.75, 3.05) is 20.0 Å². The van der Waals surface area contributed by atoms with Crippen molar-refractivity contribution in [2.45, 2.75) is 0 Å². The quantitative estimate of drug-likeness (QED) is 0.493. The fourth-order valence-electron chi connectivity index (χ4n) is 1.04. The van der Waals surface area contributed by atoms with Crippen LogP contribution in [0, 0.1) is 10.1 Å². The molecule has 2 rings (SSSR count). The standard InChI is InChI=1S/C5H4N2O4S.C5H6N2O2S/c1-11-5(8)3-2-4(7(9)10)12-6-3;1-9-5(8)3-2-4(6)10-7-3/h2H,1H3;2H,6H2,1H3. The van der Waals surface area contributed by atoms with Crippen LogP contribution in [0.2, 0.25) is 0 Å². The summed E-state index contributed by atoms with van der Waals surface area (Å²) < 4.78 is 16.0. The van der Waals surface area contributed by atoms with E-state index in [0.29, 0.717) is 16.5 Å². The first-order chi connectivity index (χ1) is 10.4. The Bertz CT molecular complexity index is 683. The zero-order valence-electron chi connectivity index (χ0n) is 11.3. The summed E-state index contributed by atoms with van der Waals surface area (Å²) in [6.45, 7) is 0. The van der Waals surface area contributed by atoms with Crippen molar-refractivity contribution >= 4 is 45.0 Å². The van der Waals surface area contributed by atoms with Crippen molar-refractivity contribution in [1.29, 1.82) is 0 Å². The Morgan fingerprint density at radius 3 is 2.00 bits per heavy atom. The predicted octanol–water partition coefficient (Wildman–Crippen LogP) is 1.35. The molecular formula is C10H10N4O6S2. The van der Waals surface area contributed by atoms with Crippen molar-refractivity contribution in [3.63, 3.8) is 0 Å². The number of carbonyl (C=O) groups is 2. The van der Waals surface area contributed by atoms with Crippen LogP contribution in [0.3, 0.4) is 0 Å². The van der Waals surface area contributed by atoms with Crippen molar-refractivity contribution in [1.82, 2.24) is 8.75 Å². The Kier molecular flexibility index (Phi) is 6.34. The fraction of sp³-hybridized carbons (Fsp3) is 0.200. The third-order valence-electron chi connectivity index (χ3n) is 2.00. The van der Waals surface area contributed by atoms with Crippen LogP contribution in [-0.4, -0.2) is 39.8 Å². The van der Waals surface area contributed by atoms with Crippen molar-refractivity contribution in [3.05, 3.63) is 33.6 Å². The highest BCUT2D eigenvalue weighted by Gasteiger charge is 2.16. The summed E-state index contributed by atoms with van der Waals surface area (Å²) in [6.07, 6.45) is 0. The molecule has 0 fully saturated rings.